The van der Waals surface area contributed by atoms with Gasteiger partial charge in [0, 0.05) is 16.9 Å². The fourth-order valence-corrected chi connectivity index (χ4v) is 2.30. The van der Waals surface area contributed by atoms with E-state index in [9.17, 15) is 15.0 Å². The lowest BCUT2D eigenvalue weighted by atomic mass is 10.1. The van der Waals surface area contributed by atoms with Crippen LogP contribution in [0.3, 0.4) is 0 Å². The van der Waals surface area contributed by atoms with Gasteiger partial charge in [-0.2, -0.15) is 0 Å². The van der Waals surface area contributed by atoms with Crippen LogP contribution in [0.1, 0.15) is 18.0 Å². The fourth-order valence-electron chi connectivity index (χ4n) is 1.95. The first-order chi connectivity index (χ1) is 9.06. The summed E-state index contributed by atoms with van der Waals surface area (Å²) in [5.74, 6) is -0.630. The molecule has 0 unspecified atom stereocenters. The zero-order chi connectivity index (χ0) is 13.8. The maximum Gasteiger partial charge on any atom is 0.326 e. The number of aromatic nitrogens is 1. The summed E-state index contributed by atoms with van der Waals surface area (Å²) >= 11 is 3.31. The van der Waals surface area contributed by atoms with Crippen LogP contribution in [0, 0.1) is 0 Å². The summed E-state index contributed by atoms with van der Waals surface area (Å²) in [4.78, 5) is 11.3. The first kappa shape index (κ1) is 13.7. The predicted molar refractivity (Wildman–Crippen MR) is 75.2 cm³/mol. The van der Waals surface area contributed by atoms with E-state index in [2.05, 4.69) is 15.9 Å². The number of aromatic hydroxyl groups is 1. The van der Waals surface area contributed by atoms with Crippen LogP contribution in [0.4, 0.5) is 0 Å². The molecule has 2 N–H and O–H groups in total. The molecule has 0 spiro atoms. The molecular weight excluding hydrogens is 310 g/mol. The number of carbonyl (C=O) groups is 1. The van der Waals surface area contributed by atoms with Crippen molar-refractivity contribution in [2.24, 2.45) is 0 Å². The van der Waals surface area contributed by atoms with Gasteiger partial charge in [-0.05, 0) is 52.5 Å². The van der Waals surface area contributed by atoms with Crippen molar-refractivity contribution in [1.82, 2.24) is 4.57 Å². The van der Waals surface area contributed by atoms with E-state index in [1.54, 1.807) is 41.2 Å². The van der Waals surface area contributed by atoms with Gasteiger partial charge < -0.3 is 14.8 Å². The van der Waals surface area contributed by atoms with E-state index in [0.717, 1.165) is 10.0 Å². The molecule has 0 saturated heterocycles. The first-order valence-electron chi connectivity index (χ1n) is 5.90. The molecule has 1 heterocycles. The van der Waals surface area contributed by atoms with Crippen LogP contribution in [0.5, 0.6) is 5.75 Å². The number of aryl methyl sites for hydroxylation is 1. The third kappa shape index (κ3) is 3.61. The van der Waals surface area contributed by atoms with Gasteiger partial charge in [-0.25, -0.2) is 4.79 Å². The van der Waals surface area contributed by atoms with E-state index in [4.69, 9.17) is 0 Å². The Hall–Kier alpha value is -1.75. The van der Waals surface area contributed by atoms with Crippen molar-refractivity contribution in [2.75, 3.05) is 0 Å². The monoisotopic (exact) mass is 323 g/mol. The second kappa shape index (κ2) is 5.93. The summed E-state index contributed by atoms with van der Waals surface area (Å²) < 4.78 is 2.55. The molecule has 0 aliphatic heterocycles. The number of phenolic OH excluding ortho intramolecular Hbond substituents is 1. The molecule has 0 saturated carbocycles. The lowest BCUT2D eigenvalue weighted by molar-refractivity contribution is -0.141. The molecule has 1 atom stereocenters. The minimum atomic E-state index is -0.845. The topological polar surface area (TPSA) is 62.5 Å². The van der Waals surface area contributed by atoms with Crippen molar-refractivity contribution in [2.45, 2.75) is 18.9 Å². The largest absolute Gasteiger partial charge is 0.508 e. The highest BCUT2D eigenvalue weighted by Gasteiger charge is 2.18. The number of carboxylic acid groups (broad SMARTS) is 1. The molecular formula is C14H14BrNO3. The number of nitrogens with zero attached hydrogens (tertiary/aromatic N) is 1. The third-order valence-corrected chi connectivity index (χ3v) is 3.44. The standard InChI is InChI=1S/C14H14BrNO3/c15-11-7-8-16(9-11)13(14(18)19)6-3-10-1-4-12(17)5-2-10/h1-2,4-5,7-9,13,17H,3,6H2,(H,18,19)/t13-/m0/s1. The van der Waals surface area contributed by atoms with Gasteiger partial charge in [0.2, 0.25) is 0 Å². The van der Waals surface area contributed by atoms with Crippen molar-refractivity contribution >= 4 is 21.9 Å². The minimum absolute atomic E-state index is 0.216. The molecule has 2 rings (SSSR count). The van der Waals surface area contributed by atoms with E-state index in [0.29, 0.717) is 12.8 Å². The zero-order valence-corrected chi connectivity index (χ0v) is 11.7. The average Bonchev–Trinajstić information content (AvgIpc) is 2.78. The number of hydrogen-bond donors (Lipinski definition) is 2. The highest BCUT2D eigenvalue weighted by atomic mass is 79.9. The zero-order valence-electron chi connectivity index (χ0n) is 10.2. The van der Waals surface area contributed by atoms with E-state index in [-0.39, 0.29) is 5.75 Å². The quantitative estimate of drug-likeness (QED) is 0.888. The Labute approximate surface area is 119 Å². The lowest BCUT2D eigenvalue weighted by Gasteiger charge is -2.14. The van der Waals surface area contributed by atoms with Gasteiger partial charge in [-0.1, -0.05) is 12.1 Å². The van der Waals surface area contributed by atoms with E-state index < -0.39 is 12.0 Å². The lowest BCUT2D eigenvalue weighted by Crippen LogP contribution is -2.18. The van der Waals surface area contributed by atoms with Crippen molar-refractivity contribution in [3.8, 4) is 5.75 Å². The molecule has 0 fully saturated rings. The van der Waals surface area contributed by atoms with E-state index in [1.165, 1.54) is 0 Å². The van der Waals surface area contributed by atoms with Gasteiger partial charge in [0.1, 0.15) is 11.8 Å². The molecule has 4 nitrogen and oxygen atoms in total. The van der Waals surface area contributed by atoms with Crippen molar-refractivity contribution < 1.29 is 15.0 Å². The van der Waals surface area contributed by atoms with Gasteiger partial charge in [-0.15, -0.1) is 0 Å². The number of benzene rings is 1. The summed E-state index contributed by atoms with van der Waals surface area (Å²) in [6.45, 7) is 0. The van der Waals surface area contributed by atoms with Gasteiger partial charge in [-0.3, -0.25) is 0 Å². The van der Waals surface area contributed by atoms with Gasteiger partial charge in [0.15, 0.2) is 0 Å². The first-order valence-corrected chi connectivity index (χ1v) is 6.69. The molecule has 2 aromatic rings. The molecule has 100 valence electrons. The van der Waals surface area contributed by atoms with Gasteiger partial charge in [0.25, 0.3) is 0 Å². The summed E-state index contributed by atoms with van der Waals surface area (Å²) in [6, 6.07) is 8.06. The third-order valence-electron chi connectivity index (χ3n) is 2.97. The Morgan fingerprint density at radius 1 is 1.26 bits per heavy atom. The van der Waals surface area contributed by atoms with Crippen LogP contribution >= 0.6 is 15.9 Å². The predicted octanol–water partition coefficient (Wildman–Crippen LogP) is 3.21. The highest BCUT2D eigenvalue weighted by Crippen LogP contribution is 2.20. The summed E-state index contributed by atoms with van der Waals surface area (Å²) in [7, 11) is 0. The summed E-state index contributed by atoms with van der Waals surface area (Å²) in [5, 5.41) is 18.5. The molecule has 0 bridgehead atoms. The van der Waals surface area contributed by atoms with E-state index >= 15 is 0 Å². The van der Waals surface area contributed by atoms with Gasteiger partial charge in [0.05, 0.1) is 0 Å². The molecule has 0 radical (unpaired) electrons. The van der Waals surface area contributed by atoms with Crippen molar-refractivity contribution in [1.29, 1.82) is 0 Å². The molecule has 0 aliphatic carbocycles. The normalized spacial score (nSPS) is 12.3. The highest BCUT2D eigenvalue weighted by molar-refractivity contribution is 9.10. The Bertz CT molecular complexity index is 562. The van der Waals surface area contributed by atoms with Crippen LogP contribution < -0.4 is 0 Å². The fraction of sp³-hybridized carbons (Fsp3) is 0.214. The number of halogens is 1. The molecule has 0 amide bonds. The van der Waals surface area contributed by atoms with Crippen LogP contribution in [-0.2, 0) is 11.2 Å². The minimum Gasteiger partial charge on any atom is -0.508 e. The Morgan fingerprint density at radius 3 is 2.47 bits per heavy atom. The summed E-state index contributed by atoms with van der Waals surface area (Å²) in [6.07, 6.45) is 4.66. The molecule has 0 aliphatic rings. The second-order valence-corrected chi connectivity index (χ2v) is 5.25. The van der Waals surface area contributed by atoms with Crippen LogP contribution in [0.2, 0.25) is 0 Å². The molecule has 19 heavy (non-hydrogen) atoms. The molecule has 1 aromatic carbocycles. The second-order valence-electron chi connectivity index (χ2n) is 4.34. The number of aliphatic carboxylic acids is 1. The van der Waals surface area contributed by atoms with Crippen molar-refractivity contribution in [3.63, 3.8) is 0 Å². The van der Waals surface area contributed by atoms with Crippen LogP contribution in [0.15, 0.2) is 47.2 Å². The Kier molecular flexibility index (Phi) is 4.27. The van der Waals surface area contributed by atoms with Crippen molar-refractivity contribution in [3.05, 3.63) is 52.8 Å². The Morgan fingerprint density at radius 2 is 1.95 bits per heavy atom. The Balaban J connectivity index is 2.06. The maximum atomic E-state index is 11.3. The number of phenols is 1. The van der Waals surface area contributed by atoms with Gasteiger partial charge >= 0.3 is 5.97 Å². The number of rotatable bonds is 5. The number of carboxylic acids is 1. The van der Waals surface area contributed by atoms with Crippen LogP contribution in [-0.4, -0.2) is 20.7 Å². The SMILES string of the molecule is O=C(O)[C@H](CCc1ccc(O)cc1)n1ccc(Br)c1. The molecule has 5 heteroatoms. The smallest absolute Gasteiger partial charge is 0.326 e. The molecule has 1 aromatic heterocycles. The number of hydrogen-bond acceptors (Lipinski definition) is 2. The maximum absolute atomic E-state index is 11.3. The summed E-state index contributed by atoms with van der Waals surface area (Å²) in [5.41, 5.74) is 1.01. The van der Waals surface area contributed by atoms with E-state index in [1.807, 2.05) is 6.07 Å². The average molecular weight is 324 g/mol. The van der Waals surface area contributed by atoms with Crippen LogP contribution in [0.25, 0.3) is 0 Å².